The maximum atomic E-state index is 12.7. The van der Waals surface area contributed by atoms with E-state index in [9.17, 15) is 14.4 Å². The number of hydrogen-bond acceptors (Lipinski definition) is 5. The molecule has 0 saturated carbocycles. The third-order valence-corrected chi connectivity index (χ3v) is 5.77. The molecule has 0 spiro atoms. The number of carbonyl (C=O) groups excluding carboxylic acids is 3. The van der Waals surface area contributed by atoms with Crippen LogP contribution in [0.4, 0.5) is 5.00 Å². The van der Waals surface area contributed by atoms with E-state index >= 15 is 0 Å². The van der Waals surface area contributed by atoms with E-state index in [4.69, 9.17) is 4.74 Å². The molecule has 0 aliphatic heterocycles. The number of nitrogens with one attached hydrogen (secondary N) is 1. The molecule has 6 heteroatoms. The lowest BCUT2D eigenvalue weighted by Crippen LogP contribution is -2.15. The van der Waals surface area contributed by atoms with Crippen LogP contribution < -0.4 is 5.32 Å². The lowest BCUT2D eigenvalue weighted by atomic mass is 9.97. The monoisotopic (exact) mass is 435 g/mol. The molecule has 0 fully saturated rings. The van der Waals surface area contributed by atoms with Crippen LogP contribution in [0, 0.1) is 13.8 Å². The molecule has 0 aliphatic carbocycles. The van der Waals surface area contributed by atoms with Gasteiger partial charge in [-0.15, -0.1) is 11.3 Å². The Morgan fingerprint density at radius 1 is 0.968 bits per heavy atom. The van der Waals surface area contributed by atoms with Gasteiger partial charge in [0.15, 0.2) is 5.78 Å². The van der Waals surface area contributed by atoms with E-state index in [1.165, 1.54) is 11.3 Å². The molecule has 0 radical (unpaired) electrons. The fourth-order valence-corrected chi connectivity index (χ4v) is 4.32. The van der Waals surface area contributed by atoms with Gasteiger partial charge in [0, 0.05) is 29.3 Å². The van der Waals surface area contributed by atoms with Crippen molar-refractivity contribution >= 4 is 34.0 Å². The summed E-state index contributed by atoms with van der Waals surface area (Å²) in [5.74, 6) is -0.887. The summed E-state index contributed by atoms with van der Waals surface area (Å²) in [5.41, 5.74) is 4.75. The number of rotatable bonds is 8. The molecule has 31 heavy (non-hydrogen) atoms. The molecule has 1 amide bonds. The van der Waals surface area contributed by atoms with Gasteiger partial charge in [0.05, 0.1) is 6.61 Å². The predicted molar refractivity (Wildman–Crippen MR) is 124 cm³/mol. The zero-order valence-electron chi connectivity index (χ0n) is 17.9. The summed E-state index contributed by atoms with van der Waals surface area (Å²) in [6.45, 7) is 5.98. The molecule has 3 rings (SSSR count). The molecule has 0 saturated heterocycles. The van der Waals surface area contributed by atoms with E-state index in [-0.39, 0.29) is 31.1 Å². The molecule has 160 valence electrons. The number of thiophene rings is 1. The first kappa shape index (κ1) is 22.4. The number of carbonyl (C=O) groups is 3. The van der Waals surface area contributed by atoms with E-state index in [2.05, 4.69) is 11.4 Å². The highest BCUT2D eigenvalue weighted by Gasteiger charge is 2.23. The van der Waals surface area contributed by atoms with E-state index in [0.29, 0.717) is 16.1 Å². The number of benzene rings is 2. The Morgan fingerprint density at radius 3 is 2.39 bits per heavy atom. The Kier molecular flexibility index (Phi) is 7.36. The molecule has 0 bridgehead atoms. The highest BCUT2D eigenvalue weighted by Crippen LogP contribution is 2.38. The van der Waals surface area contributed by atoms with Crippen molar-refractivity contribution in [1.82, 2.24) is 0 Å². The second-order valence-electron chi connectivity index (χ2n) is 7.23. The first-order valence-electron chi connectivity index (χ1n) is 10.1. The molecule has 1 heterocycles. The summed E-state index contributed by atoms with van der Waals surface area (Å²) >= 11 is 1.28. The molecule has 3 aromatic rings. The summed E-state index contributed by atoms with van der Waals surface area (Å²) in [4.78, 5) is 37.5. The van der Waals surface area contributed by atoms with Crippen LogP contribution in [-0.4, -0.2) is 24.3 Å². The first-order valence-corrected chi connectivity index (χ1v) is 11.0. The van der Waals surface area contributed by atoms with Crippen LogP contribution in [0.25, 0.3) is 11.1 Å². The minimum absolute atomic E-state index is 0.0345. The van der Waals surface area contributed by atoms with Gasteiger partial charge in [-0.25, -0.2) is 4.79 Å². The fraction of sp³-hybridized carbons (Fsp3) is 0.240. The fourth-order valence-electron chi connectivity index (χ4n) is 3.35. The smallest absolute Gasteiger partial charge is 0.341 e. The van der Waals surface area contributed by atoms with E-state index < -0.39 is 5.97 Å². The number of hydrogen-bond donors (Lipinski definition) is 1. The van der Waals surface area contributed by atoms with Crippen molar-refractivity contribution in [2.45, 2.75) is 33.6 Å². The quantitative estimate of drug-likeness (QED) is 0.358. The number of Topliss-reactive ketones (excluding diaryl/α,β-unsaturated/α-hetero) is 1. The molecule has 0 unspecified atom stereocenters. The number of ether oxygens (including phenoxy) is 1. The Hall–Kier alpha value is -3.25. The average molecular weight is 436 g/mol. The SMILES string of the molecule is CCOC(=O)c1c(-c2ccc(C)cc2C)csc1NC(=O)CCC(=O)c1ccccc1. The molecule has 1 aromatic heterocycles. The number of amides is 1. The van der Waals surface area contributed by atoms with Crippen LogP contribution in [0.2, 0.25) is 0 Å². The predicted octanol–water partition coefficient (Wildman–Crippen LogP) is 5.81. The Morgan fingerprint density at radius 2 is 1.71 bits per heavy atom. The van der Waals surface area contributed by atoms with Crippen molar-refractivity contribution < 1.29 is 19.1 Å². The topological polar surface area (TPSA) is 72.5 Å². The number of esters is 1. The molecule has 0 atom stereocenters. The van der Waals surface area contributed by atoms with Gasteiger partial charge >= 0.3 is 5.97 Å². The summed E-state index contributed by atoms with van der Waals surface area (Å²) in [5, 5.41) is 5.10. The van der Waals surface area contributed by atoms with Crippen molar-refractivity contribution in [2.24, 2.45) is 0 Å². The third kappa shape index (κ3) is 5.47. The Labute approximate surface area is 186 Å². The van der Waals surface area contributed by atoms with Gasteiger partial charge in [-0.1, -0.05) is 54.1 Å². The second kappa shape index (κ2) is 10.2. The van der Waals surface area contributed by atoms with Crippen LogP contribution >= 0.6 is 11.3 Å². The summed E-state index contributed by atoms with van der Waals surface area (Å²) < 4.78 is 5.25. The highest BCUT2D eigenvalue weighted by atomic mass is 32.1. The Bertz CT molecular complexity index is 1100. The van der Waals surface area contributed by atoms with Gasteiger partial charge in [-0.05, 0) is 31.9 Å². The van der Waals surface area contributed by atoms with Crippen LogP contribution in [0.5, 0.6) is 0 Å². The molecule has 1 N–H and O–H groups in total. The van der Waals surface area contributed by atoms with Crippen LogP contribution in [-0.2, 0) is 9.53 Å². The first-order chi connectivity index (χ1) is 14.9. The molecular weight excluding hydrogens is 410 g/mol. The molecular formula is C25H25NO4S. The maximum Gasteiger partial charge on any atom is 0.341 e. The lowest BCUT2D eigenvalue weighted by Gasteiger charge is -2.11. The minimum Gasteiger partial charge on any atom is -0.462 e. The summed E-state index contributed by atoms with van der Waals surface area (Å²) in [7, 11) is 0. The van der Waals surface area contributed by atoms with E-state index in [0.717, 1.165) is 22.3 Å². The van der Waals surface area contributed by atoms with Crippen molar-refractivity contribution in [3.63, 3.8) is 0 Å². The van der Waals surface area contributed by atoms with Gasteiger partial charge in [-0.3, -0.25) is 9.59 Å². The zero-order chi connectivity index (χ0) is 22.4. The lowest BCUT2D eigenvalue weighted by molar-refractivity contribution is -0.116. The standard InChI is InChI=1S/C25H25NO4S/c1-4-30-25(29)23-20(19-11-10-16(2)14-17(19)3)15-31-24(23)26-22(28)13-12-21(27)18-8-6-5-7-9-18/h5-11,14-15H,4,12-13H2,1-3H3,(H,26,28). The van der Waals surface area contributed by atoms with Gasteiger partial charge in [-0.2, -0.15) is 0 Å². The van der Waals surface area contributed by atoms with E-state index in [1.807, 2.05) is 37.4 Å². The number of anilines is 1. The van der Waals surface area contributed by atoms with Crippen molar-refractivity contribution in [2.75, 3.05) is 11.9 Å². The molecule has 0 aliphatic rings. The molecule has 5 nitrogen and oxygen atoms in total. The highest BCUT2D eigenvalue weighted by molar-refractivity contribution is 7.15. The van der Waals surface area contributed by atoms with Crippen molar-refractivity contribution in [3.05, 3.63) is 76.2 Å². The van der Waals surface area contributed by atoms with Gasteiger partial charge in [0.1, 0.15) is 10.6 Å². The minimum atomic E-state index is -0.477. The summed E-state index contributed by atoms with van der Waals surface area (Å²) in [6.07, 6.45) is 0.132. The zero-order valence-corrected chi connectivity index (χ0v) is 18.7. The van der Waals surface area contributed by atoms with Crippen molar-refractivity contribution in [1.29, 1.82) is 0 Å². The van der Waals surface area contributed by atoms with Gasteiger partial charge in [0.2, 0.25) is 5.91 Å². The Balaban J connectivity index is 1.80. The van der Waals surface area contributed by atoms with Gasteiger partial charge in [0.25, 0.3) is 0 Å². The van der Waals surface area contributed by atoms with Crippen LogP contribution in [0.3, 0.4) is 0 Å². The van der Waals surface area contributed by atoms with Crippen molar-refractivity contribution in [3.8, 4) is 11.1 Å². The maximum absolute atomic E-state index is 12.7. The van der Waals surface area contributed by atoms with Crippen LogP contribution in [0.15, 0.2) is 53.9 Å². The number of aryl methyl sites for hydroxylation is 2. The van der Waals surface area contributed by atoms with Crippen LogP contribution in [0.1, 0.15) is 51.6 Å². The van der Waals surface area contributed by atoms with Gasteiger partial charge < -0.3 is 10.1 Å². The van der Waals surface area contributed by atoms with E-state index in [1.54, 1.807) is 31.2 Å². The largest absolute Gasteiger partial charge is 0.462 e. The third-order valence-electron chi connectivity index (χ3n) is 4.87. The second-order valence-corrected chi connectivity index (χ2v) is 8.11. The summed E-state index contributed by atoms with van der Waals surface area (Å²) in [6, 6.07) is 14.9. The number of ketones is 1. The average Bonchev–Trinajstić information content (AvgIpc) is 3.16. The normalized spacial score (nSPS) is 10.5. The molecule has 2 aromatic carbocycles.